The van der Waals surface area contributed by atoms with Crippen LogP contribution >= 0.6 is 45.2 Å². The number of nitrogens with two attached hydrogens (primary N) is 1. The van der Waals surface area contributed by atoms with Crippen molar-refractivity contribution >= 4 is 51.2 Å². The highest BCUT2D eigenvalue weighted by Crippen LogP contribution is 2.29. The number of halogens is 2. The Labute approximate surface area is 162 Å². The number of ether oxygens (including phenoxy) is 1. The van der Waals surface area contributed by atoms with Gasteiger partial charge in [-0.25, -0.2) is 0 Å². The van der Waals surface area contributed by atoms with Crippen LogP contribution in [0.5, 0.6) is 5.75 Å². The zero-order valence-corrected chi connectivity index (χ0v) is 16.7. The van der Waals surface area contributed by atoms with Gasteiger partial charge >= 0.3 is 5.97 Å². The molecule has 0 unspecified atom stereocenters. The van der Waals surface area contributed by atoms with Crippen molar-refractivity contribution in [1.82, 2.24) is 0 Å². The van der Waals surface area contributed by atoms with Crippen molar-refractivity contribution in [2.75, 3.05) is 6.61 Å². The lowest BCUT2D eigenvalue weighted by Gasteiger charge is -2.13. The molecule has 122 valence electrons. The number of carbonyl (C=O) groups is 1. The summed E-state index contributed by atoms with van der Waals surface area (Å²) in [6.45, 7) is 0.601. The van der Waals surface area contributed by atoms with Crippen molar-refractivity contribution in [2.24, 2.45) is 5.73 Å². The first-order chi connectivity index (χ1) is 11.0. The molecule has 0 amide bonds. The van der Waals surface area contributed by atoms with Crippen LogP contribution in [0.25, 0.3) is 0 Å². The Morgan fingerprint density at radius 1 is 1.13 bits per heavy atom. The molecule has 0 bridgehead atoms. The van der Waals surface area contributed by atoms with E-state index in [4.69, 9.17) is 15.6 Å². The number of carboxylic acid groups (broad SMARTS) is 1. The van der Waals surface area contributed by atoms with Crippen LogP contribution in [-0.2, 0) is 17.6 Å². The molecule has 0 spiro atoms. The second-order valence-electron chi connectivity index (χ2n) is 5.12. The normalized spacial score (nSPS) is 12.0. The molecule has 3 N–H and O–H groups in total. The quantitative estimate of drug-likeness (QED) is 0.532. The van der Waals surface area contributed by atoms with Gasteiger partial charge in [-0.05, 0) is 74.9 Å². The van der Waals surface area contributed by atoms with Gasteiger partial charge in [0.25, 0.3) is 0 Å². The molecule has 2 aromatic rings. The summed E-state index contributed by atoms with van der Waals surface area (Å²) in [5, 5.41) is 8.91. The summed E-state index contributed by atoms with van der Waals surface area (Å²) in [6, 6.07) is 13.2. The Morgan fingerprint density at radius 3 is 2.30 bits per heavy atom. The van der Waals surface area contributed by atoms with Gasteiger partial charge in [-0.1, -0.05) is 30.3 Å². The van der Waals surface area contributed by atoms with Crippen LogP contribution in [0, 0.1) is 7.14 Å². The number of benzene rings is 2. The third kappa shape index (κ3) is 5.61. The van der Waals surface area contributed by atoms with Gasteiger partial charge in [0.1, 0.15) is 11.8 Å². The molecule has 0 radical (unpaired) electrons. The first-order valence-corrected chi connectivity index (χ1v) is 9.26. The van der Waals surface area contributed by atoms with Gasteiger partial charge < -0.3 is 15.6 Å². The Kier molecular flexibility index (Phi) is 7.09. The fourth-order valence-electron chi connectivity index (χ4n) is 2.12. The number of hydrogen-bond acceptors (Lipinski definition) is 3. The van der Waals surface area contributed by atoms with E-state index in [0.717, 1.165) is 24.9 Å². The SMILES string of the molecule is N[C@H](Cc1cc(I)c(OCCc2ccccc2)c(I)c1)C(=O)O. The predicted octanol–water partition coefficient (Wildman–Crippen LogP) is 3.47. The van der Waals surface area contributed by atoms with Crippen molar-refractivity contribution in [3.05, 3.63) is 60.7 Å². The molecule has 0 aliphatic rings. The molecule has 4 nitrogen and oxygen atoms in total. The Hall–Kier alpha value is -0.870. The molecular weight excluding hydrogens is 520 g/mol. The molecule has 2 rings (SSSR count). The molecule has 0 aliphatic carbocycles. The minimum absolute atomic E-state index is 0.311. The van der Waals surface area contributed by atoms with Crippen molar-refractivity contribution in [2.45, 2.75) is 18.9 Å². The van der Waals surface area contributed by atoms with Crippen LogP contribution in [0.1, 0.15) is 11.1 Å². The van der Waals surface area contributed by atoms with E-state index >= 15 is 0 Å². The van der Waals surface area contributed by atoms with Gasteiger partial charge in [-0.2, -0.15) is 0 Å². The molecule has 0 fully saturated rings. The fourth-order valence-corrected chi connectivity index (χ4v) is 4.33. The monoisotopic (exact) mass is 537 g/mol. The topological polar surface area (TPSA) is 72.5 Å². The maximum atomic E-state index is 10.9. The maximum Gasteiger partial charge on any atom is 0.320 e. The summed E-state index contributed by atoms with van der Waals surface area (Å²) in [5.74, 6) is -0.145. The Balaban J connectivity index is 2.01. The lowest BCUT2D eigenvalue weighted by Crippen LogP contribution is -2.32. The van der Waals surface area contributed by atoms with Crippen LogP contribution < -0.4 is 10.5 Å². The fraction of sp³-hybridized carbons (Fsp3) is 0.235. The van der Waals surface area contributed by atoms with Crippen molar-refractivity contribution in [1.29, 1.82) is 0 Å². The van der Waals surface area contributed by atoms with Gasteiger partial charge in [0, 0.05) is 6.42 Å². The van der Waals surface area contributed by atoms with Crippen molar-refractivity contribution < 1.29 is 14.6 Å². The van der Waals surface area contributed by atoms with Crippen molar-refractivity contribution in [3.63, 3.8) is 0 Å². The highest BCUT2D eigenvalue weighted by molar-refractivity contribution is 14.1. The molecule has 0 heterocycles. The lowest BCUT2D eigenvalue weighted by atomic mass is 10.1. The second kappa shape index (κ2) is 8.84. The largest absolute Gasteiger partial charge is 0.491 e. The zero-order chi connectivity index (χ0) is 16.8. The van der Waals surface area contributed by atoms with E-state index in [1.165, 1.54) is 5.56 Å². The van der Waals surface area contributed by atoms with E-state index in [1.54, 1.807) is 0 Å². The average molecular weight is 537 g/mol. The minimum atomic E-state index is -0.988. The van der Waals surface area contributed by atoms with Gasteiger partial charge in [-0.15, -0.1) is 0 Å². The van der Waals surface area contributed by atoms with Crippen LogP contribution in [0.15, 0.2) is 42.5 Å². The number of carboxylic acids is 1. The van der Waals surface area contributed by atoms with E-state index in [0.29, 0.717) is 13.0 Å². The third-order valence-electron chi connectivity index (χ3n) is 3.31. The predicted molar refractivity (Wildman–Crippen MR) is 107 cm³/mol. The van der Waals surface area contributed by atoms with Gasteiger partial charge in [-0.3, -0.25) is 4.79 Å². The highest BCUT2D eigenvalue weighted by atomic mass is 127. The molecule has 0 aromatic heterocycles. The zero-order valence-electron chi connectivity index (χ0n) is 12.3. The summed E-state index contributed by atoms with van der Waals surface area (Å²) in [4.78, 5) is 10.9. The Morgan fingerprint density at radius 2 is 1.74 bits per heavy atom. The molecule has 0 saturated carbocycles. The van der Waals surface area contributed by atoms with E-state index in [-0.39, 0.29) is 0 Å². The molecule has 0 saturated heterocycles. The first kappa shape index (κ1) is 18.5. The molecule has 2 aromatic carbocycles. The van der Waals surface area contributed by atoms with Crippen LogP contribution in [0.3, 0.4) is 0 Å². The first-order valence-electron chi connectivity index (χ1n) is 7.10. The molecule has 1 atom stereocenters. The second-order valence-corrected chi connectivity index (χ2v) is 7.45. The third-order valence-corrected chi connectivity index (χ3v) is 4.91. The van der Waals surface area contributed by atoms with E-state index < -0.39 is 12.0 Å². The van der Waals surface area contributed by atoms with Crippen LogP contribution in [0.4, 0.5) is 0 Å². The van der Waals surface area contributed by atoms with Gasteiger partial charge in [0.05, 0.1) is 13.7 Å². The smallest absolute Gasteiger partial charge is 0.320 e. The minimum Gasteiger partial charge on any atom is -0.491 e. The van der Waals surface area contributed by atoms with Gasteiger partial charge in [0.2, 0.25) is 0 Å². The standard InChI is InChI=1S/C17H17I2NO3/c18-13-8-12(10-15(20)17(21)22)9-14(19)16(13)23-7-6-11-4-2-1-3-5-11/h1-5,8-9,15H,6-7,10,20H2,(H,21,22)/t15-/m1/s1. The van der Waals surface area contributed by atoms with Gasteiger partial charge in [0.15, 0.2) is 0 Å². The van der Waals surface area contributed by atoms with Crippen LogP contribution in [0.2, 0.25) is 0 Å². The number of rotatable bonds is 7. The van der Waals surface area contributed by atoms with E-state index in [1.807, 2.05) is 30.3 Å². The summed E-state index contributed by atoms with van der Waals surface area (Å²) < 4.78 is 7.85. The molecular formula is C17H17I2NO3. The lowest BCUT2D eigenvalue weighted by molar-refractivity contribution is -0.138. The molecule has 0 aliphatic heterocycles. The summed E-state index contributed by atoms with van der Waals surface area (Å²) >= 11 is 4.42. The van der Waals surface area contributed by atoms with E-state index in [2.05, 4.69) is 57.3 Å². The number of hydrogen-bond donors (Lipinski definition) is 2. The summed E-state index contributed by atoms with van der Waals surface area (Å²) in [6.07, 6.45) is 1.16. The van der Waals surface area contributed by atoms with Crippen molar-refractivity contribution in [3.8, 4) is 5.75 Å². The summed E-state index contributed by atoms with van der Waals surface area (Å²) in [5.41, 5.74) is 7.74. The van der Waals surface area contributed by atoms with E-state index in [9.17, 15) is 4.79 Å². The maximum absolute atomic E-state index is 10.9. The number of aliphatic carboxylic acids is 1. The Bertz CT molecular complexity index is 654. The highest BCUT2D eigenvalue weighted by Gasteiger charge is 2.15. The summed E-state index contributed by atoms with van der Waals surface area (Å²) in [7, 11) is 0. The molecule has 23 heavy (non-hydrogen) atoms. The average Bonchev–Trinajstić information content (AvgIpc) is 2.51. The van der Waals surface area contributed by atoms with Crippen LogP contribution in [-0.4, -0.2) is 23.7 Å². The molecule has 6 heteroatoms.